The summed E-state index contributed by atoms with van der Waals surface area (Å²) < 4.78 is 56.4. The molecule has 16 heteroatoms. The Balaban J connectivity index is 1.45. The monoisotopic (exact) mass is 853 g/mol. The summed E-state index contributed by atoms with van der Waals surface area (Å²) in [7, 11) is 0. The average molecular weight is 854 g/mol. The Morgan fingerprint density at radius 3 is 1.35 bits per heavy atom. The molecule has 328 valence electrons. The van der Waals surface area contributed by atoms with Crippen molar-refractivity contribution in [2.45, 2.75) is 114 Å². The van der Waals surface area contributed by atoms with Gasteiger partial charge in [-0.2, -0.15) is 0 Å². The van der Waals surface area contributed by atoms with Gasteiger partial charge in [0, 0.05) is 25.7 Å². The van der Waals surface area contributed by atoms with Crippen LogP contribution in [0.25, 0.3) is 10.4 Å². The van der Waals surface area contributed by atoms with Gasteiger partial charge in [-0.1, -0.05) is 126 Å². The molecule has 1 saturated heterocycles. The van der Waals surface area contributed by atoms with Crippen molar-refractivity contribution in [3.63, 3.8) is 0 Å². The molecule has 2 fully saturated rings. The molecule has 0 unspecified atom stereocenters. The Morgan fingerprint density at radius 2 is 0.952 bits per heavy atom. The standard InChI is InChI=1S/C46H51N3O13/c1-29(50)54-28-36-39(59-30(2)51)40(60-31(3)52)37(48-49-47)46(61-36)62-42-38(53)41(55-24-32-16-8-4-9-17-32)43(56-25-33-18-10-5-11-19-33)45(58-27-35-22-14-7-15-23-35)44(42)57-26-34-20-12-6-13-21-34/h4-23,36-46,53H,24-28H2,1-3H3/t36-,37-,38+,39+,40-,41+,42+,43+,44-,45-,46-/m1/s1. The third kappa shape index (κ3) is 12.7. The summed E-state index contributed by atoms with van der Waals surface area (Å²) in [5, 5.41) is 16.6. The molecule has 11 atom stereocenters. The van der Waals surface area contributed by atoms with E-state index >= 15 is 0 Å². The zero-order valence-electron chi connectivity index (χ0n) is 34.6. The van der Waals surface area contributed by atoms with Crippen LogP contribution in [0.5, 0.6) is 0 Å². The lowest BCUT2D eigenvalue weighted by molar-refractivity contribution is -0.333. The first-order valence-electron chi connectivity index (χ1n) is 20.2. The minimum atomic E-state index is -1.63. The van der Waals surface area contributed by atoms with E-state index in [-0.39, 0.29) is 26.4 Å². The Morgan fingerprint density at radius 1 is 0.565 bits per heavy atom. The molecule has 62 heavy (non-hydrogen) atoms. The molecule has 0 aromatic heterocycles. The largest absolute Gasteiger partial charge is 0.463 e. The molecule has 16 nitrogen and oxygen atoms in total. The van der Waals surface area contributed by atoms with Crippen LogP contribution < -0.4 is 0 Å². The van der Waals surface area contributed by atoms with Crippen LogP contribution >= 0.6 is 0 Å². The molecule has 1 heterocycles. The maximum Gasteiger partial charge on any atom is 0.303 e. The van der Waals surface area contributed by atoms with E-state index in [1.54, 1.807) is 0 Å². The highest BCUT2D eigenvalue weighted by atomic mass is 16.7. The van der Waals surface area contributed by atoms with Crippen molar-refractivity contribution in [3.05, 3.63) is 154 Å². The second kappa shape index (κ2) is 23.0. The number of aliphatic hydroxyl groups excluding tert-OH is 1. The molecule has 1 aliphatic carbocycles. The number of hydrogen-bond acceptors (Lipinski definition) is 14. The normalized spacial score (nSPS) is 27.0. The Labute approximate surface area is 359 Å². The molecule has 4 aromatic carbocycles. The Kier molecular flexibility index (Phi) is 17.0. The number of ether oxygens (including phenoxy) is 9. The number of hydrogen-bond donors (Lipinski definition) is 1. The van der Waals surface area contributed by atoms with E-state index < -0.39 is 91.8 Å². The van der Waals surface area contributed by atoms with E-state index in [1.807, 2.05) is 121 Å². The van der Waals surface area contributed by atoms with Crippen LogP contribution in [-0.2, 0) is 83.4 Å². The molecule has 1 N–H and O–H groups in total. The maximum atomic E-state index is 12.7. The first-order valence-corrected chi connectivity index (χ1v) is 20.2. The molecule has 0 spiro atoms. The fraction of sp³-hybridized carbons (Fsp3) is 0.413. The summed E-state index contributed by atoms with van der Waals surface area (Å²) in [4.78, 5) is 40.0. The van der Waals surface area contributed by atoms with E-state index in [0.29, 0.717) is 0 Å². The molecule has 1 aliphatic heterocycles. The lowest BCUT2D eigenvalue weighted by atomic mass is 9.83. The summed E-state index contributed by atoms with van der Waals surface area (Å²) >= 11 is 0. The van der Waals surface area contributed by atoms with Crippen LogP contribution in [0.4, 0.5) is 0 Å². The van der Waals surface area contributed by atoms with Crippen LogP contribution in [0.1, 0.15) is 43.0 Å². The van der Waals surface area contributed by atoms with Crippen LogP contribution in [0.15, 0.2) is 126 Å². The molecular weight excluding hydrogens is 803 g/mol. The fourth-order valence-corrected chi connectivity index (χ4v) is 7.46. The van der Waals surface area contributed by atoms with Gasteiger partial charge >= 0.3 is 17.9 Å². The number of esters is 3. The highest BCUT2D eigenvalue weighted by Gasteiger charge is 2.57. The van der Waals surface area contributed by atoms with Crippen molar-refractivity contribution in [3.8, 4) is 0 Å². The third-order valence-corrected chi connectivity index (χ3v) is 10.3. The van der Waals surface area contributed by atoms with Gasteiger partial charge in [-0.3, -0.25) is 14.4 Å². The van der Waals surface area contributed by atoms with E-state index in [4.69, 9.17) is 42.6 Å². The molecule has 0 amide bonds. The second-order valence-corrected chi connectivity index (χ2v) is 14.8. The molecule has 2 aliphatic rings. The highest BCUT2D eigenvalue weighted by molar-refractivity contribution is 5.68. The van der Waals surface area contributed by atoms with Crippen LogP contribution in [0.3, 0.4) is 0 Å². The summed E-state index contributed by atoms with van der Waals surface area (Å²) in [6.45, 7) is 3.28. The van der Waals surface area contributed by atoms with Crippen molar-refractivity contribution in [1.82, 2.24) is 0 Å². The van der Waals surface area contributed by atoms with Crippen LogP contribution in [-0.4, -0.2) is 96.9 Å². The molecule has 4 aromatic rings. The quantitative estimate of drug-likeness (QED) is 0.0383. The molecule has 6 rings (SSSR count). The van der Waals surface area contributed by atoms with Gasteiger partial charge in [-0.25, -0.2) is 0 Å². The maximum absolute atomic E-state index is 12.7. The van der Waals surface area contributed by atoms with E-state index in [2.05, 4.69) is 10.0 Å². The molecular formula is C46H51N3O13. The summed E-state index contributed by atoms with van der Waals surface area (Å²) in [5.41, 5.74) is 13.2. The van der Waals surface area contributed by atoms with Crippen molar-refractivity contribution in [2.75, 3.05) is 6.61 Å². The summed E-state index contributed by atoms with van der Waals surface area (Å²) in [6, 6.07) is 36.2. The lowest BCUT2D eigenvalue weighted by Crippen LogP contribution is -2.69. The van der Waals surface area contributed by atoms with Gasteiger partial charge in [-0.15, -0.1) is 0 Å². The molecule has 0 bridgehead atoms. The van der Waals surface area contributed by atoms with Gasteiger partial charge in [0.25, 0.3) is 0 Å². The van der Waals surface area contributed by atoms with E-state index in [0.717, 1.165) is 36.1 Å². The van der Waals surface area contributed by atoms with Gasteiger partial charge in [0.1, 0.15) is 55.4 Å². The van der Waals surface area contributed by atoms with Crippen molar-refractivity contribution < 1.29 is 62.1 Å². The predicted octanol–water partition coefficient (Wildman–Crippen LogP) is 5.92. The number of benzene rings is 4. The Bertz CT molecular complexity index is 2060. The molecule has 0 radical (unpaired) electrons. The van der Waals surface area contributed by atoms with Crippen LogP contribution in [0.2, 0.25) is 0 Å². The van der Waals surface area contributed by atoms with Gasteiger partial charge in [-0.05, 0) is 27.8 Å². The van der Waals surface area contributed by atoms with Gasteiger partial charge in [0.05, 0.1) is 26.4 Å². The van der Waals surface area contributed by atoms with Crippen molar-refractivity contribution in [1.29, 1.82) is 0 Å². The average Bonchev–Trinajstić information content (AvgIpc) is 3.27. The van der Waals surface area contributed by atoms with E-state index in [9.17, 15) is 25.0 Å². The Hall–Kier alpha value is -5.68. The van der Waals surface area contributed by atoms with Crippen molar-refractivity contribution >= 4 is 17.9 Å². The highest BCUT2D eigenvalue weighted by Crippen LogP contribution is 2.38. The predicted molar refractivity (Wildman–Crippen MR) is 220 cm³/mol. The minimum absolute atomic E-state index is 0.0369. The number of carbonyl (C=O) groups is 3. The lowest BCUT2D eigenvalue weighted by Gasteiger charge is -2.50. The van der Waals surface area contributed by atoms with Gasteiger partial charge in [0.15, 0.2) is 18.5 Å². The summed E-state index contributed by atoms with van der Waals surface area (Å²) in [6.07, 6.45) is -13.0. The zero-order chi connectivity index (χ0) is 43.8. The van der Waals surface area contributed by atoms with E-state index in [1.165, 1.54) is 6.92 Å². The number of nitrogens with zero attached hydrogens (tertiary/aromatic N) is 3. The first kappa shape index (κ1) is 45.8. The summed E-state index contributed by atoms with van der Waals surface area (Å²) in [5.74, 6) is -2.26. The second-order valence-electron chi connectivity index (χ2n) is 14.8. The zero-order valence-corrected chi connectivity index (χ0v) is 34.6. The smallest absolute Gasteiger partial charge is 0.303 e. The minimum Gasteiger partial charge on any atom is -0.463 e. The third-order valence-electron chi connectivity index (χ3n) is 10.3. The number of rotatable bonds is 19. The number of aliphatic hydroxyl groups is 1. The van der Waals surface area contributed by atoms with Gasteiger partial charge in [0.2, 0.25) is 0 Å². The van der Waals surface area contributed by atoms with Crippen LogP contribution in [0, 0.1) is 0 Å². The molecule has 1 saturated carbocycles. The number of azide groups is 1. The first-order chi connectivity index (χ1) is 30.1. The SMILES string of the molecule is CC(=O)OC[C@H]1O[C@H](O[C@H]2[C@@H](O)[C@H](OCc3ccccc3)[C@H](OCc3ccccc3)[C@@H](OCc3ccccc3)[C@@H]2OCc2ccccc2)[C@H](N=[N+]=[N-])[C@@H](OC(C)=O)[C@H]1OC(C)=O. The number of carbonyl (C=O) groups excluding carboxylic acids is 3. The fourth-order valence-electron chi connectivity index (χ4n) is 7.46. The topological polar surface area (TPSA) is 203 Å². The van der Waals surface area contributed by atoms with Crippen molar-refractivity contribution in [2.24, 2.45) is 5.11 Å². The van der Waals surface area contributed by atoms with Gasteiger partial charge < -0.3 is 47.7 Å².